The lowest BCUT2D eigenvalue weighted by atomic mass is 9.93. The Labute approximate surface area is 385 Å². The van der Waals surface area contributed by atoms with Crippen molar-refractivity contribution in [2.24, 2.45) is 0 Å². The molecule has 5 amide bonds. The van der Waals surface area contributed by atoms with E-state index in [0.29, 0.717) is 37.3 Å². The van der Waals surface area contributed by atoms with Crippen LogP contribution in [0.15, 0.2) is 115 Å². The van der Waals surface area contributed by atoms with Crippen LogP contribution in [0.3, 0.4) is 0 Å². The molecule has 0 saturated carbocycles. The van der Waals surface area contributed by atoms with E-state index in [1.807, 2.05) is 78.9 Å². The van der Waals surface area contributed by atoms with Crippen molar-refractivity contribution in [1.29, 1.82) is 0 Å². The van der Waals surface area contributed by atoms with Crippen molar-refractivity contribution in [3.05, 3.63) is 172 Å². The zero-order chi connectivity index (χ0) is 48.6. The van der Waals surface area contributed by atoms with Gasteiger partial charge in [-0.1, -0.05) is 66.7 Å². The number of hydrogen-bond donors (Lipinski definition) is 4. The minimum Gasteiger partial charge on any atom is -0.497 e. The molecule has 1 heterocycles. The normalized spacial score (nSPS) is 14.1. The molecular weight excluding hydrogens is 875 g/mol. The van der Waals surface area contributed by atoms with Gasteiger partial charge in [0, 0.05) is 31.6 Å². The number of imide groups is 1. The van der Waals surface area contributed by atoms with Crippen molar-refractivity contribution in [3.63, 3.8) is 0 Å². The van der Waals surface area contributed by atoms with Crippen molar-refractivity contribution in [2.75, 3.05) is 14.2 Å². The van der Waals surface area contributed by atoms with Gasteiger partial charge >= 0.3 is 5.97 Å². The zero-order valence-corrected chi connectivity index (χ0v) is 37.2. The number of methoxy groups -OCH3 is 2. The zero-order valence-electron chi connectivity index (χ0n) is 37.2. The number of halogens is 4. The molecule has 1 aliphatic heterocycles. The Morgan fingerprint density at radius 1 is 0.627 bits per heavy atom. The van der Waals surface area contributed by atoms with Crippen molar-refractivity contribution < 1.29 is 55.8 Å². The lowest BCUT2D eigenvalue weighted by molar-refractivity contribution is -0.154. The summed E-state index contributed by atoms with van der Waals surface area (Å²) in [5.74, 6) is -5.89. The SMILES string of the molecule is COC(=O)C1Cc2ccccc2CN1C(=O)[C@H](C)NC(=O)Cc1cc(F)cc(F)c1.COc1cccc(CN[C@@H](Cc2ccccc2)C(=O)NC(=O)[C@H](C)NC(=O)Cc2cc(F)cc(F)c2)c1. The predicted octanol–water partition coefficient (Wildman–Crippen LogP) is 5.20. The number of esters is 1. The third-order valence-corrected chi connectivity index (χ3v) is 10.6. The first-order chi connectivity index (χ1) is 32.0. The maximum absolute atomic E-state index is 13.4. The molecule has 6 rings (SSSR count). The maximum atomic E-state index is 13.4. The number of nitrogens with zero attached hydrogens (tertiary/aromatic N) is 1. The van der Waals surface area contributed by atoms with E-state index < -0.39 is 82.9 Å². The highest BCUT2D eigenvalue weighted by molar-refractivity contribution is 6.01. The number of hydrogen-bond acceptors (Lipinski definition) is 9. The van der Waals surface area contributed by atoms with E-state index in [1.165, 1.54) is 25.9 Å². The molecule has 5 aromatic rings. The fourth-order valence-electron chi connectivity index (χ4n) is 7.31. The van der Waals surface area contributed by atoms with Gasteiger partial charge in [0.2, 0.25) is 29.5 Å². The van der Waals surface area contributed by atoms with Gasteiger partial charge in [-0.15, -0.1) is 0 Å². The van der Waals surface area contributed by atoms with Crippen molar-refractivity contribution in [2.45, 2.75) is 76.8 Å². The highest BCUT2D eigenvalue weighted by atomic mass is 19.1. The lowest BCUT2D eigenvalue weighted by Gasteiger charge is -2.36. The second-order valence-electron chi connectivity index (χ2n) is 15.8. The van der Waals surface area contributed by atoms with Crippen LogP contribution in [0.4, 0.5) is 17.6 Å². The van der Waals surface area contributed by atoms with E-state index in [4.69, 9.17) is 9.47 Å². The Bertz CT molecular complexity index is 2520. The molecule has 0 aromatic heterocycles. The molecule has 1 aliphatic rings. The number of fused-ring (bicyclic) bond motifs is 1. The molecule has 4 atom stereocenters. The molecule has 17 heteroatoms. The monoisotopic (exact) mass is 925 g/mol. The third-order valence-electron chi connectivity index (χ3n) is 10.6. The highest BCUT2D eigenvalue weighted by Crippen LogP contribution is 2.25. The average molecular weight is 926 g/mol. The summed E-state index contributed by atoms with van der Waals surface area (Å²) >= 11 is 0. The van der Waals surface area contributed by atoms with Crippen LogP contribution in [-0.2, 0) is 72.3 Å². The molecule has 0 radical (unpaired) electrons. The topological polar surface area (TPSA) is 172 Å². The molecule has 5 aromatic carbocycles. The Morgan fingerprint density at radius 3 is 1.73 bits per heavy atom. The molecule has 67 heavy (non-hydrogen) atoms. The molecule has 0 aliphatic carbocycles. The first-order valence-electron chi connectivity index (χ1n) is 21.2. The summed E-state index contributed by atoms with van der Waals surface area (Å²) in [6, 6.07) is 26.3. The number of ether oxygens (including phenoxy) is 2. The summed E-state index contributed by atoms with van der Waals surface area (Å²) in [7, 11) is 2.83. The average Bonchev–Trinajstić information content (AvgIpc) is 3.29. The Morgan fingerprint density at radius 2 is 1.16 bits per heavy atom. The molecule has 1 unspecified atom stereocenters. The summed E-state index contributed by atoms with van der Waals surface area (Å²) in [6.45, 7) is 3.49. The molecule has 4 N–H and O–H groups in total. The first-order valence-corrected chi connectivity index (χ1v) is 21.2. The summed E-state index contributed by atoms with van der Waals surface area (Å²) < 4.78 is 63.5. The van der Waals surface area contributed by atoms with Gasteiger partial charge in [-0.25, -0.2) is 22.4 Å². The molecule has 0 bridgehead atoms. The molecule has 13 nitrogen and oxygen atoms in total. The molecule has 352 valence electrons. The van der Waals surface area contributed by atoms with Gasteiger partial charge in [-0.3, -0.25) is 29.3 Å². The minimum atomic E-state index is -1.05. The van der Waals surface area contributed by atoms with E-state index in [-0.39, 0.29) is 30.5 Å². The largest absolute Gasteiger partial charge is 0.497 e. The molecular formula is C50H51F4N5O8. The Hall–Kier alpha value is -7.40. The highest BCUT2D eigenvalue weighted by Gasteiger charge is 2.37. The standard InChI is InChI=1S/C28H29F2N3O4.C22H22F2N2O4/c1-18(32-26(34)15-21-11-22(29)16-23(30)12-21)27(35)33-28(36)25(14-19-7-4-3-5-8-19)31-17-20-9-6-10-24(13-20)37-2;1-13(25-20(27)9-14-7-17(23)11-18(24)8-14)21(28)26-12-16-6-4-3-5-15(16)10-19(26)22(29)30-2/h3-13,16,18,25,31H,14-15,17H2,1-2H3,(H,32,34)(H,33,35,36);3-8,11,13,19H,9-10,12H2,1-2H3,(H,25,27)/t18-,25-;13-,19?/m00/s1. The fraction of sp³-hybridized carbons (Fsp3) is 0.280. The van der Waals surface area contributed by atoms with Gasteiger partial charge in [0.1, 0.15) is 47.1 Å². The van der Waals surface area contributed by atoms with Gasteiger partial charge in [-0.2, -0.15) is 0 Å². The number of benzene rings is 5. The van der Waals surface area contributed by atoms with E-state index >= 15 is 0 Å². The van der Waals surface area contributed by atoms with Gasteiger partial charge < -0.3 is 30.3 Å². The Kier molecular flexibility index (Phi) is 18.3. The van der Waals surface area contributed by atoms with Crippen LogP contribution in [0, 0.1) is 23.3 Å². The number of carbonyl (C=O) groups is 6. The van der Waals surface area contributed by atoms with E-state index in [1.54, 1.807) is 7.11 Å². The maximum Gasteiger partial charge on any atom is 0.328 e. The molecule has 0 spiro atoms. The van der Waals surface area contributed by atoms with Crippen molar-refractivity contribution in [1.82, 2.24) is 26.2 Å². The number of amides is 5. The quantitative estimate of drug-likeness (QED) is 0.0767. The van der Waals surface area contributed by atoms with Gasteiger partial charge in [-0.05, 0) is 90.0 Å². The minimum absolute atomic E-state index is 0.128. The number of rotatable bonds is 16. The third kappa shape index (κ3) is 15.3. The summed E-state index contributed by atoms with van der Waals surface area (Å²) in [5.41, 5.74) is 3.96. The summed E-state index contributed by atoms with van der Waals surface area (Å²) in [5, 5.41) is 10.5. The van der Waals surface area contributed by atoms with Crippen LogP contribution < -0.4 is 26.0 Å². The van der Waals surface area contributed by atoms with E-state index in [2.05, 4.69) is 21.3 Å². The van der Waals surface area contributed by atoms with Crippen LogP contribution in [0.2, 0.25) is 0 Å². The van der Waals surface area contributed by atoms with Crippen LogP contribution in [0.5, 0.6) is 5.75 Å². The van der Waals surface area contributed by atoms with E-state index in [9.17, 15) is 46.3 Å². The van der Waals surface area contributed by atoms with E-state index in [0.717, 1.165) is 46.5 Å². The fourth-order valence-corrected chi connectivity index (χ4v) is 7.31. The van der Waals surface area contributed by atoms with Crippen LogP contribution in [0.1, 0.15) is 47.2 Å². The molecule has 0 saturated heterocycles. The smallest absolute Gasteiger partial charge is 0.328 e. The lowest BCUT2D eigenvalue weighted by Crippen LogP contribution is -2.55. The summed E-state index contributed by atoms with van der Waals surface area (Å²) in [4.78, 5) is 76.9. The second kappa shape index (κ2) is 24.2. The van der Waals surface area contributed by atoms with Crippen LogP contribution >= 0.6 is 0 Å². The van der Waals surface area contributed by atoms with Gasteiger partial charge in [0.15, 0.2) is 0 Å². The summed E-state index contributed by atoms with van der Waals surface area (Å²) in [6.07, 6.45) is 0.0438. The van der Waals surface area contributed by atoms with Crippen molar-refractivity contribution in [3.8, 4) is 5.75 Å². The van der Waals surface area contributed by atoms with Gasteiger partial charge in [0.25, 0.3) is 0 Å². The molecule has 0 fully saturated rings. The number of carbonyl (C=O) groups excluding carboxylic acids is 6. The van der Waals surface area contributed by atoms with Crippen LogP contribution in [0.25, 0.3) is 0 Å². The first kappa shape index (κ1) is 50.6. The van der Waals surface area contributed by atoms with Gasteiger partial charge in [0.05, 0.1) is 33.1 Å². The second-order valence-corrected chi connectivity index (χ2v) is 15.8. The predicted molar refractivity (Wildman–Crippen MR) is 239 cm³/mol. The van der Waals surface area contributed by atoms with Crippen molar-refractivity contribution >= 4 is 35.5 Å². The number of nitrogens with one attached hydrogen (secondary N) is 4. The Balaban J connectivity index is 0.000000256. The van der Waals surface area contributed by atoms with Crippen LogP contribution in [-0.4, -0.2) is 78.8 Å².